The van der Waals surface area contributed by atoms with Crippen LogP contribution in [0.4, 0.5) is 5.69 Å². The van der Waals surface area contributed by atoms with Gasteiger partial charge in [-0.25, -0.2) is 0 Å². The number of carbonyl (C=O) groups is 1. The zero-order chi connectivity index (χ0) is 17.8. The molecule has 25 heavy (non-hydrogen) atoms. The lowest BCUT2D eigenvalue weighted by atomic mass is 10.1. The van der Waals surface area contributed by atoms with Crippen LogP contribution in [0.15, 0.2) is 75.1 Å². The molecule has 0 saturated heterocycles. The zero-order valence-corrected chi connectivity index (χ0v) is 15.8. The van der Waals surface area contributed by atoms with Gasteiger partial charge in [-0.05, 0) is 29.8 Å². The summed E-state index contributed by atoms with van der Waals surface area (Å²) in [4.78, 5) is 14.1. The summed E-state index contributed by atoms with van der Waals surface area (Å²) in [6, 6.07) is 19.7. The maximum atomic E-state index is 12.1. The van der Waals surface area contributed by atoms with Crippen LogP contribution in [0.25, 0.3) is 5.70 Å². The van der Waals surface area contributed by atoms with Crippen molar-refractivity contribution in [1.82, 2.24) is 5.32 Å². The van der Waals surface area contributed by atoms with E-state index in [-0.39, 0.29) is 5.57 Å². The molecule has 124 valence electrons. The Morgan fingerprint density at radius 2 is 1.84 bits per heavy atom. The molecule has 1 heterocycles. The molecule has 1 aliphatic rings. The predicted molar refractivity (Wildman–Crippen MR) is 105 cm³/mol. The van der Waals surface area contributed by atoms with Gasteiger partial charge in [0.05, 0.1) is 5.70 Å². The van der Waals surface area contributed by atoms with Crippen molar-refractivity contribution in [1.29, 1.82) is 5.26 Å². The van der Waals surface area contributed by atoms with Gasteiger partial charge in [-0.1, -0.05) is 58.0 Å². The summed E-state index contributed by atoms with van der Waals surface area (Å²) < 4.78 is 0.993. The summed E-state index contributed by atoms with van der Waals surface area (Å²) >= 11 is 4.82. The van der Waals surface area contributed by atoms with Gasteiger partial charge in [-0.3, -0.25) is 4.79 Å². The zero-order valence-electron chi connectivity index (χ0n) is 13.4. The smallest absolute Gasteiger partial charge is 0.264 e. The van der Waals surface area contributed by atoms with Gasteiger partial charge in [-0.2, -0.15) is 5.26 Å². The Morgan fingerprint density at radius 1 is 1.16 bits per heavy atom. The molecule has 0 radical (unpaired) electrons. The minimum Gasteiger partial charge on any atom is -0.354 e. The molecule has 0 fully saturated rings. The number of likely N-dealkylation sites (N-methyl/N-ethyl adjacent to an activating group) is 1. The van der Waals surface area contributed by atoms with Gasteiger partial charge in [0.2, 0.25) is 0 Å². The molecule has 0 spiro atoms. The van der Waals surface area contributed by atoms with Gasteiger partial charge in [0.1, 0.15) is 16.7 Å². The maximum absolute atomic E-state index is 12.1. The van der Waals surface area contributed by atoms with Crippen molar-refractivity contribution in [2.75, 3.05) is 11.9 Å². The number of thioether (sulfide) groups is 1. The van der Waals surface area contributed by atoms with E-state index in [9.17, 15) is 10.1 Å². The number of hydrogen-bond acceptors (Lipinski definition) is 4. The molecule has 1 N–H and O–H groups in total. The van der Waals surface area contributed by atoms with Crippen LogP contribution in [0.3, 0.4) is 0 Å². The number of hydrogen-bond donors (Lipinski definition) is 1. The van der Waals surface area contributed by atoms with Gasteiger partial charge >= 0.3 is 0 Å². The van der Waals surface area contributed by atoms with E-state index in [1.165, 1.54) is 18.8 Å². The number of para-hydroxylation sites is 1. The summed E-state index contributed by atoms with van der Waals surface area (Å²) in [5.41, 5.74) is 2.92. The van der Waals surface area contributed by atoms with Crippen molar-refractivity contribution in [2.45, 2.75) is 0 Å². The molecule has 0 atom stereocenters. The molecule has 0 saturated carbocycles. The Bertz CT molecular complexity index is 899. The Morgan fingerprint density at radius 3 is 2.44 bits per heavy atom. The monoisotopic (exact) mass is 411 g/mol. The average Bonchev–Trinajstić information content (AvgIpc) is 3.08. The largest absolute Gasteiger partial charge is 0.354 e. The molecule has 0 bridgehead atoms. The maximum Gasteiger partial charge on any atom is 0.264 e. The molecule has 2 aromatic carbocycles. The fraction of sp³-hybridized carbons (Fsp3) is 0.0526. The van der Waals surface area contributed by atoms with E-state index >= 15 is 0 Å². The molecule has 6 heteroatoms. The first-order valence-corrected chi connectivity index (χ1v) is 9.17. The molecule has 3 rings (SSSR count). The minimum absolute atomic E-state index is 0.0970. The molecule has 0 aromatic heterocycles. The second-order valence-corrected chi connectivity index (χ2v) is 6.94. The van der Waals surface area contributed by atoms with Crippen LogP contribution in [-0.2, 0) is 4.79 Å². The van der Waals surface area contributed by atoms with Crippen molar-refractivity contribution in [3.8, 4) is 6.07 Å². The number of rotatable bonds is 3. The summed E-state index contributed by atoms with van der Waals surface area (Å²) in [5.74, 6) is -0.392. The van der Waals surface area contributed by atoms with Crippen molar-refractivity contribution < 1.29 is 4.79 Å². The fourth-order valence-electron chi connectivity index (χ4n) is 2.47. The second kappa shape index (κ2) is 7.60. The second-order valence-electron chi connectivity index (χ2n) is 5.17. The van der Waals surface area contributed by atoms with Crippen LogP contribution in [-0.4, -0.2) is 13.0 Å². The van der Waals surface area contributed by atoms with Crippen molar-refractivity contribution in [3.63, 3.8) is 0 Å². The molecular weight excluding hydrogens is 398 g/mol. The van der Waals surface area contributed by atoms with E-state index in [0.29, 0.717) is 5.03 Å². The Hall–Kier alpha value is -2.49. The molecule has 2 aromatic rings. The number of nitrogens with zero attached hydrogens (tertiary/aromatic N) is 2. The Kier molecular flexibility index (Phi) is 5.27. The standard InChI is InChI=1S/C19H14BrN3OS/c1-22-18(24)16(11-21)19-23(15-5-3-2-4-6-15)17(12-25-19)13-7-9-14(20)10-8-13/h2-10,12H,1H3,(H,22,24)/b19-16-. The number of nitrogens with one attached hydrogen (secondary N) is 1. The van der Waals surface area contributed by atoms with Crippen LogP contribution >= 0.6 is 27.7 Å². The molecule has 0 aliphatic carbocycles. The summed E-state index contributed by atoms with van der Waals surface area (Å²) in [7, 11) is 1.52. The number of benzene rings is 2. The van der Waals surface area contributed by atoms with Crippen LogP contribution in [0.2, 0.25) is 0 Å². The Balaban J connectivity index is 2.15. The highest BCUT2D eigenvalue weighted by Crippen LogP contribution is 2.44. The highest BCUT2D eigenvalue weighted by Gasteiger charge is 2.29. The van der Waals surface area contributed by atoms with E-state index in [1.54, 1.807) is 0 Å². The van der Waals surface area contributed by atoms with Crippen molar-refractivity contribution in [2.24, 2.45) is 0 Å². The van der Waals surface area contributed by atoms with Crippen LogP contribution < -0.4 is 10.2 Å². The van der Waals surface area contributed by atoms with Crippen LogP contribution in [0.1, 0.15) is 5.56 Å². The van der Waals surface area contributed by atoms with E-state index in [0.717, 1.165) is 21.4 Å². The average molecular weight is 412 g/mol. The van der Waals surface area contributed by atoms with Gasteiger partial charge in [-0.15, -0.1) is 0 Å². The molecule has 4 nitrogen and oxygen atoms in total. The van der Waals surface area contributed by atoms with Crippen molar-refractivity contribution >= 4 is 45.0 Å². The van der Waals surface area contributed by atoms with Crippen LogP contribution in [0, 0.1) is 11.3 Å². The quantitative estimate of drug-likeness (QED) is 0.597. The lowest BCUT2D eigenvalue weighted by Gasteiger charge is -2.24. The summed E-state index contributed by atoms with van der Waals surface area (Å²) in [6.45, 7) is 0. The number of nitriles is 1. The first-order valence-electron chi connectivity index (χ1n) is 7.50. The SMILES string of the molecule is CNC(=O)/C(C#N)=C1\SC=C(c2ccc(Br)cc2)N1c1ccccc1. The van der Waals surface area contributed by atoms with Gasteiger partial charge in [0.15, 0.2) is 0 Å². The molecular formula is C19H14BrN3OS. The van der Waals surface area contributed by atoms with E-state index in [1.807, 2.05) is 71.0 Å². The molecule has 1 amide bonds. The third kappa shape index (κ3) is 3.48. The lowest BCUT2D eigenvalue weighted by Crippen LogP contribution is -2.24. The third-order valence-corrected chi connectivity index (χ3v) is 5.14. The van der Waals surface area contributed by atoms with E-state index in [4.69, 9.17) is 0 Å². The number of anilines is 1. The van der Waals surface area contributed by atoms with E-state index < -0.39 is 5.91 Å². The first-order chi connectivity index (χ1) is 12.2. The highest BCUT2D eigenvalue weighted by atomic mass is 79.9. The normalized spacial score (nSPS) is 15.4. The van der Waals surface area contributed by atoms with Gasteiger partial charge < -0.3 is 10.2 Å². The van der Waals surface area contributed by atoms with Crippen molar-refractivity contribution in [3.05, 3.63) is 80.6 Å². The number of amides is 1. The van der Waals surface area contributed by atoms with Gasteiger partial charge in [0, 0.05) is 22.6 Å². The van der Waals surface area contributed by atoms with E-state index in [2.05, 4.69) is 21.2 Å². The number of carbonyl (C=O) groups excluding carboxylic acids is 1. The minimum atomic E-state index is -0.392. The fourth-order valence-corrected chi connectivity index (χ4v) is 3.76. The predicted octanol–water partition coefficient (Wildman–Crippen LogP) is 4.48. The highest BCUT2D eigenvalue weighted by molar-refractivity contribution is 9.10. The topological polar surface area (TPSA) is 56.1 Å². The number of halogens is 1. The van der Waals surface area contributed by atoms with Crippen LogP contribution in [0.5, 0.6) is 0 Å². The first kappa shape index (κ1) is 17.3. The summed E-state index contributed by atoms with van der Waals surface area (Å²) in [6.07, 6.45) is 0. The third-order valence-electron chi connectivity index (χ3n) is 3.66. The Labute approximate surface area is 159 Å². The molecule has 0 unspecified atom stereocenters. The summed E-state index contributed by atoms with van der Waals surface area (Å²) in [5, 5.41) is 14.6. The lowest BCUT2D eigenvalue weighted by molar-refractivity contribution is -0.116. The van der Waals surface area contributed by atoms with Gasteiger partial charge in [0.25, 0.3) is 5.91 Å². The molecule has 1 aliphatic heterocycles.